The van der Waals surface area contributed by atoms with Gasteiger partial charge in [0, 0.05) is 6.42 Å². The van der Waals surface area contributed by atoms with Gasteiger partial charge in [-0.1, -0.05) is 62.6 Å². The molecule has 3 atom stereocenters. The van der Waals surface area contributed by atoms with Crippen molar-refractivity contribution in [3.8, 4) is 0 Å². The first-order valence-corrected chi connectivity index (χ1v) is 10.8. The summed E-state index contributed by atoms with van der Waals surface area (Å²) < 4.78 is 4.56. The molecule has 0 amide bonds. The summed E-state index contributed by atoms with van der Waals surface area (Å²) in [7, 11) is 1.33. The molecule has 0 radical (unpaired) electrons. The summed E-state index contributed by atoms with van der Waals surface area (Å²) in [5.74, 6) is -0.311. The number of unbranched alkanes of at least 4 members (excludes halogenated alkanes) is 2. The van der Waals surface area contributed by atoms with Crippen molar-refractivity contribution in [2.75, 3.05) is 7.11 Å². The average molecular weight is 407 g/mol. The lowest BCUT2D eigenvalue weighted by Gasteiger charge is -2.14. The Morgan fingerprint density at radius 2 is 1.93 bits per heavy atom. The molecule has 0 saturated carbocycles. The van der Waals surface area contributed by atoms with Gasteiger partial charge in [0.15, 0.2) is 0 Å². The van der Waals surface area contributed by atoms with E-state index in [4.69, 9.17) is 0 Å². The number of esters is 1. The molecule has 1 aliphatic rings. The van der Waals surface area contributed by atoms with Gasteiger partial charge in [-0.3, -0.25) is 4.79 Å². The number of carbonyl (C=O) groups is 1. The van der Waals surface area contributed by atoms with E-state index < -0.39 is 12.2 Å². The molecule has 164 valence electrons. The second-order valence-electron chi connectivity index (χ2n) is 7.65. The number of allylic oxidation sites excluding steroid dienone is 6. The van der Waals surface area contributed by atoms with Gasteiger partial charge in [-0.2, -0.15) is 0 Å². The lowest BCUT2D eigenvalue weighted by atomic mass is 9.94. The fourth-order valence-electron chi connectivity index (χ4n) is 3.23. The molecule has 1 rings (SSSR count). The molecule has 0 aliphatic heterocycles. The molecule has 5 heteroatoms. The predicted molar refractivity (Wildman–Crippen MR) is 116 cm³/mol. The van der Waals surface area contributed by atoms with Crippen LogP contribution in [0.5, 0.6) is 0 Å². The van der Waals surface area contributed by atoms with Gasteiger partial charge < -0.3 is 20.1 Å². The Morgan fingerprint density at radius 1 is 1.14 bits per heavy atom. The maximum absolute atomic E-state index is 11.1. The van der Waals surface area contributed by atoms with Crippen LogP contribution in [0.3, 0.4) is 0 Å². The summed E-state index contributed by atoms with van der Waals surface area (Å²) in [5.41, 5.74) is 2.37. The first kappa shape index (κ1) is 25.3. The molecular formula is C24H38O5. The zero-order chi connectivity index (χ0) is 21.5. The third-order valence-corrected chi connectivity index (χ3v) is 5.06. The quantitative estimate of drug-likeness (QED) is 0.316. The monoisotopic (exact) mass is 406 g/mol. The van der Waals surface area contributed by atoms with Crippen LogP contribution in [0.2, 0.25) is 0 Å². The highest BCUT2D eigenvalue weighted by atomic mass is 16.5. The highest BCUT2D eigenvalue weighted by molar-refractivity contribution is 5.68. The Morgan fingerprint density at radius 3 is 2.66 bits per heavy atom. The molecule has 0 bridgehead atoms. The minimum absolute atomic E-state index is 0.239. The zero-order valence-corrected chi connectivity index (χ0v) is 17.9. The smallest absolute Gasteiger partial charge is 0.305 e. The van der Waals surface area contributed by atoms with Crippen molar-refractivity contribution >= 4 is 5.97 Å². The van der Waals surface area contributed by atoms with Crippen molar-refractivity contribution in [3.63, 3.8) is 0 Å². The van der Waals surface area contributed by atoms with E-state index in [1.54, 1.807) is 12.2 Å². The van der Waals surface area contributed by atoms with Crippen molar-refractivity contribution in [1.82, 2.24) is 0 Å². The molecule has 0 heterocycles. The minimum Gasteiger partial charge on any atom is -0.469 e. The third-order valence-electron chi connectivity index (χ3n) is 5.06. The fourth-order valence-corrected chi connectivity index (χ4v) is 3.23. The van der Waals surface area contributed by atoms with Crippen LogP contribution in [0.25, 0.3) is 0 Å². The molecule has 0 saturated heterocycles. The van der Waals surface area contributed by atoms with Crippen LogP contribution in [0.1, 0.15) is 71.1 Å². The molecule has 0 aromatic carbocycles. The van der Waals surface area contributed by atoms with Gasteiger partial charge in [-0.05, 0) is 49.7 Å². The van der Waals surface area contributed by atoms with Gasteiger partial charge in [-0.25, -0.2) is 0 Å². The number of hydrogen-bond donors (Lipinski definition) is 3. The number of aliphatic hydroxyl groups excluding tert-OH is 3. The largest absolute Gasteiger partial charge is 0.469 e. The van der Waals surface area contributed by atoms with E-state index in [1.807, 2.05) is 18.2 Å². The molecule has 0 aromatic heterocycles. The van der Waals surface area contributed by atoms with Gasteiger partial charge in [0.1, 0.15) is 0 Å². The van der Waals surface area contributed by atoms with Crippen LogP contribution in [0.15, 0.2) is 47.6 Å². The predicted octanol–water partition coefficient (Wildman–Crippen LogP) is 4.14. The zero-order valence-electron chi connectivity index (χ0n) is 17.9. The van der Waals surface area contributed by atoms with E-state index in [0.717, 1.165) is 44.9 Å². The molecule has 1 unspecified atom stereocenters. The van der Waals surface area contributed by atoms with Crippen molar-refractivity contribution in [2.45, 2.75) is 89.4 Å². The van der Waals surface area contributed by atoms with Gasteiger partial charge >= 0.3 is 5.97 Å². The maximum atomic E-state index is 11.1. The van der Waals surface area contributed by atoms with Crippen LogP contribution in [0.4, 0.5) is 0 Å². The summed E-state index contributed by atoms with van der Waals surface area (Å²) in [4.78, 5) is 11.1. The van der Waals surface area contributed by atoms with Crippen LogP contribution in [-0.2, 0) is 9.53 Å². The Labute approximate surface area is 175 Å². The molecule has 29 heavy (non-hydrogen) atoms. The molecule has 1 aliphatic carbocycles. The Hall–Kier alpha value is -1.69. The topological polar surface area (TPSA) is 87.0 Å². The van der Waals surface area contributed by atoms with Gasteiger partial charge in [0.2, 0.25) is 0 Å². The number of carbonyl (C=O) groups excluding carboxylic acids is 1. The van der Waals surface area contributed by atoms with E-state index in [-0.39, 0.29) is 18.5 Å². The highest BCUT2D eigenvalue weighted by Crippen LogP contribution is 2.23. The van der Waals surface area contributed by atoms with Crippen molar-refractivity contribution in [2.24, 2.45) is 0 Å². The molecule has 0 fully saturated rings. The van der Waals surface area contributed by atoms with E-state index >= 15 is 0 Å². The third kappa shape index (κ3) is 11.8. The Kier molecular flexibility index (Phi) is 13.3. The van der Waals surface area contributed by atoms with Crippen LogP contribution >= 0.6 is 0 Å². The van der Waals surface area contributed by atoms with Crippen LogP contribution in [0, 0.1) is 0 Å². The van der Waals surface area contributed by atoms with E-state index in [0.29, 0.717) is 12.8 Å². The number of rotatable bonds is 13. The maximum Gasteiger partial charge on any atom is 0.305 e. The van der Waals surface area contributed by atoms with Gasteiger partial charge in [0.25, 0.3) is 0 Å². The van der Waals surface area contributed by atoms with E-state index in [1.165, 1.54) is 18.3 Å². The number of ether oxygens (including phenoxy) is 1. The first-order valence-electron chi connectivity index (χ1n) is 10.8. The van der Waals surface area contributed by atoms with Crippen molar-refractivity contribution in [3.05, 3.63) is 47.6 Å². The Bertz CT molecular complexity index is 588. The second kappa shape index (κ2) is 15.2. The summed E-state index contributed by atoms with van der Waals surface area (Å²) in [6, 6.07) is 0. The molecule has 3 N–H and O–H groups in total. The summed E-state index contributed by atoms with van der Waals surface area (Å²) in [6.45, 7) is 2.16. The van der Waals surface area contributed by atoms with Gasteiger partial charge in [0.05, 0.1) is 25.4 Å². The number of methoxy groups -OCH3 is 1. The van der Waals surface area contributed by atoms with Gasteiger partial charge in [-0.15, -0.1) is 0 Å². The summed E-state index contributed by atoms with van der Waals surface area (Å²) in [5, 5.41) is 30.0. The lowest BCUT2D eigenvalue weighted by Crippen LogP contribution is -2.23. The molecular weight excluding hydrogens is 368 g/mol. The average Bonchev–Trinajstić information content (AvgIpc) is 2.72. The normalized spacial score (nSPS) is 19.5. The molecule has 5 nitrogen and oxygen atoms in total. The second-order valence-corrected chi connectivity index (χ2v) is 7.65. The van der Waals surface area contributed by atoms with Crippen LogP contribution < -0.4 is 0 Å². The van der Waals surface area contributed by atoms with Crippen molar-refractivity contribution < 1.29 is 24.9 Å². The number of aliphatic hydroxyl groups is 3. The minimum atomic E-state index is -0.963. The lowest BCUT2D eigenvalue weighted by molar-refractivity contribution is -0.140. The Balaban J connectivity index is 2.48. The standard InChI is InChI=1S/C24H38O5/c1-3-4-5-12-21(25)17-16-20-10-6-9-19(18-20)11-7-13-22(26)23(27)14-8-15-24(28)29-2/h7,11,13,16-18,21-23,25-27H,3-6,8-10,12,14-15H2,1-2H3/b13-7+,17-16+,19-11-/t21-,22-,23?/m1/s1. The van der Waals surface area contributed by atoms with E-state index in [9.17, 15) is 20.1 Å². The van der Waals surface area contributed by atoms with Crippen LogP contribution in [-0.4, -0.2) is 46.7 Å². The molecule has 0 spiro atoms. The van der Waals surface area contributed by atoms with E-state index in [2.05, 4.69) is 17.7 Å². The first-order chi connectivity index (χ1) is 14.0. The fraction of sp³-hybridized carbons (Fsp3) is 0.625. The SMILES string of the molecule is CCCCC[C@@H](O)/C=C/C1=CC(=C\C=C\[C@@H](O)C(O)CCCC(=O)OC)/CCC1. The molecule has 0 aromatic rings. The number of hydrogen-bond acceptors (Lipinski definition) is 5. The van der Waals surface area contributed by atoms with Crippen molar-refractivity contribution in [1.29, 1.82) is 0 Å². The highest BCUT2D eigenvalue weighted by Gasteiger charge is 2.13. The summed E-state index contributed by atoms with van der Waals surface area (Å²) >= 11 is 0. The summed E-state index contributed by atoms with van der Waals surface area (Å²) in [6.07, 6.45) is 17.3.